The molecule has 0 unspecified atom stereocenters. The standard InChI is InChI=1S/C19H30OSi/c1-6-21(7-2,8-3)15-19(14-20)18-11-9-17(10-12-18)13-16(4)5/h9-12,14-16H,6-8,13H2,1-5H3/b19-15+. The number of hydrogen-bond acceptors (Lipinski definition) is 1. The van der Waals surface area contributed by atoms with E-state index in [-0.39, 0.29) is 0 Å². The van der Waals surface area contributed by atoms with Crippen molar-refractivity contribution in [1.29, 1.82) is 0 Å². The van der Waals surface area contributed by atoms with Gasteiger partial charge in [-0.25, -0.2) is 0 Å². The molecule has 1 nitrogen and oxygen atoms in total. The Balaban J connectivity index is 3.07. The average Bonchev–Trinajstić information content (AvgIpc) is 2.50. The van der Waals surface area contributed by atoms with Gasteiger partial charge in [-0.05, 0) is 23.5 Å². The lowest BCUT2D eigenvalue weighted by Crippen LogP contribution is -2.29. The SMILES string of the molecule is CC[Si](/C=C(\C=O)c1ccc(CC(C)C)cc1)(CC)CC. The first-order chi connectivity index (χ1) is 10.00. The maximum atomic E-state index is 11.5. The van der Waals surface area contributed by atoms with E-state index < -0.39 is 8.07 Å². The topological polar surface area (TPSA) is 17.1 Å². The molecule has 0 bridgehead atoms. The minimum absolute atomic E-state index is 0.664. The Labute approximate surface area is 131 Å². The molecule has 2 heteroatoms. The van der Waals surface area contributed by atoms with Gasteiger partial charge in [-0.3, -0.25) is 4.79 Å². The van der Waals surface area contributed by atoms with Crippen LogP contribution in [0.5, 0.6) is 0 Å². The second-order valence-corrected chi connectivity index (χ2v) is 11.6. The number of benzene rings is 1. The molecule has 116 valence electrons. The highest BCUT2D eigenvalue weighted by Gasteiger charge is 2.24. The van der Waals surface area contributed by atoms with Crippen LogP contribution in [0.4, 0.5) is 0 Å². The van der Waals surface area contributed by atoms with Crippen molar-refractivity contribution < 1.29 is 4.79 Å². The summed E-state index contributed by atoms with van der Waals surface area (Å²) in [5.74, 6) is 0.664. The van der Waals surface area contributed by atoms with E-state index in [0.29, 0.717) is 5.92 Å². The minimum Gasteiger partial charge on any atom is -0.298 e. The summed E-state index contributed by atoms with van der Waals surface area (Å²) in [6, 6.07) is 12.2. The molecule has 0 atom stereocenters. The monoisotopic (exact) mass is 302 g/mol. The fourth-order valence-electron chi connectivity index (χ4n) is 2.88. The molecule has 1 aromatic carbocycles. The third-order valence-electron chi connectivity index (χ3n) is 4.63. The third-order valence-corrected chi connectivity index (χ3v) is 9.78. The van der Waals surface area contributed by atoms with Crippen LogP contribution in [-0.4, -0.2) is 14.4 Å². The molecule has 0 aromatic heterocycles. The zero-order valence-electron chi connectivity index (χ0n) is 14.3. The number of carbonyl (C=O) groups excluding carboxylic acids is 1. The van der Waals surface area contributed by atoms with E-state index in [0.717, 1.165) is 23.8 Å². The zero-order chi connectivity index (χ0) is 15.9. The second kappa shape index (κ2) is 8.33. The van der Waals surface area contributed by atoms with Crippen molar-refractivity contribution in [3.63, 3.8) is 0 Å². The van der Waals surface area contributed by atoms with Crippen LogP contribution < -0.4 is 0 Å². The van der Waals surface area contributed by atoms with Crippen molar-refractivity contribution in [2.75, 3.05) is 0 Å². The molecule has 0 saturated carbocycles. The van der Waals surface area contributed by atoms with Crippen molar-refractivity contribution >= 4 is 19.9 Å². The largest absolute Gasteiger partial charge is 0.298 e. The quantitative estimate of drug-likeness (QED) is 0.351. The van der Waals surface area contributed by atoms with Crippen molar-refractivity contribution in [1.82, 2.24) is 0 Å². The summed E-state index contributed by atoms with van der Waals surface area (Å²) < 4.78 is 0. The van der Waals surface area contributed by atoms with Gasteiger partial charge in [0.25, 0.3) is 0 Å². The van der Waals surface area contributed by atoms with Gasteiger partial charge in [-0.2, -0.15) is 0 Å². The number of aldehydes is 1. The number of hydrogen-bond donors (Lipinski definition) is 0. The molecule has 0 spiro atoms. The first-order valence-electron chi connectivity index (χ1n) is 8.27. The molecule has 0 aliphatic rings. The van der Waals surface area contributed by atoms with Gasteiger partial charge in [-0.1, -0.05) is 82.7 Å². The van der Waals surface area contributed by atoms with Crippen molar-refractivity contribution in [3.8, 4) is 0 Å². The van der Waals surface area contributed by atoms with Crippen LogP contribution in [0.15, 0.2) is 30.0 Å². The molecule has 21 heavy (non-hydrogen) atoms. The Bertz CT molecular complexity index is 459. The van der Waals surface area contributed by atoms with E-state index in [1.807, 2.05) is 0 Å². The minimum atomic E-state index is -1.42. The van der Waals surface area contributed by atoms with E-state index in [1.54, 1.807) is 0 Å². The summed E-state index contributed by atoms with van der Waals surface area (Å²) in [6.07, 6.45) is 2.14. The molecule has 0 radical (unpaired) electrons. The van der Waals surface area contributed by atoms with Gasteiger partial charge >= 0.3 is 0 Å². The predicted octanol–water partition coefficient (Wildman–Crippen LogP) is 5.52. The fraction of sp³-hybridized carbons (Fsp3) is 0.526. The van der Waals surface area contributed by atoms with Crippen LogP contribution in [-0.2, 0) is 11.2 Å². The van der Waals surface area contributed by atoms with Crippen LogP contribution >= 0.6 is 0 Å². The van der Waals surface area contributed by atoms with Gasteiger partial charge < -0.3 is 0 Å². The van der Waals surface area contributed by atoms with Crippen molar-refractivity contribution in [2.24, 2.45) is 5.92 Å². The molecule has 0 amide bonds. The molecule has 1 aromatic rings. The van der Waals surface area contributed by atoms with E-state index in [2.05, 4.69) is 64.6 Å². The van der Waals surface area contributed by atoms with E-state index >= 15 is 0 Å². The summed E-state index contributed by atoms with van der Waals surface area (Å²) in [5.41, 5.74) is 5.65. The van der Waals surface area contributed by atoms with Crippen LogP contribution in [0.25, 0.3) is 5.57 Å². The summed E-state index contributed by atoms with van der Waals surface area (Å²) in [6.45, 7) is 11.3. The molecule has 0 fully saturated rings. The molecule has 0 aliphatic heterocycles. The van der Waals surface area contributed by atoms with Crippen LogP contribution in [0.3, 0.4) is 0 Å². The maximum Gasteiger partial charge on any atom is 0.149 e. The Morgan fingerprint density at radius 1 is 1.05 bits per heavy atom. The first-order valence-corrected chi connectivity index (χ1v) is 11.0. The smallest absolute Gasteiger partial charge is 0.149 e. The van der Waals surface area contributed by atoms with Crippen molar-refractivity contribution in [3.05, 3.63) is 41.1 Å². The van der Waals surface area contributed by atoms with Gasteiger partial charge in [0.15, 0.2) is 0 Å². The summed E-state index contributed by atoms with van der Waals surface area (Å²) >= 11 is 0. The number of carbonyl (C=O) groups is 1. The third kappa shape index (κ3) is 4.96. The van der Waals surface area contributed by atoms with Crippen LogP contribution in [0.2, 0.25) is 18.1 Å². The molecule has 0 N–H and O–H groups in total. The predicted molar refractivity (Wildman–Crippen MR) is 96.2 cm³/mol. The van der Waals surface area contributed by atoms with E-state index in [4.69, 9.17) is 0 Å². The van der Waals surface area contributed by atoms with Gasteiger partial charge in [0.2, 0.25) is 0 Å². The molecular formula is C19H30OSi. The van der Waals surface area contributed by atoms with Crippen molar-refractivity contribution in [2.45, 2.75) is 59.2 Å². The lowest BCUT2D eigenvalue weighted by atomic mass is 10.00. The normalized spacial score (nSPS) is 12.8. The lowest BCUT2D eigenvalue weighted by molar-refractivity contribution is -0.103. The Hall–Kier alpha value is -1.15. The van der Waals surface area contributed by atoms with Gasteiger partial charge in [0.05, 0.1) is 8.07 Å². The summed E-state index contributed by atoms with van der Waals surface area (Å²) in [4.78, 5) is 11.5. The van der Waals surface area contributed by atoms with E-state index in [9.17, 15) is 4.79 Å². The highest BCUT2D eigenvalue weighted by Crippen LogP contribution is 2.26. The highest BCUT2D eigenvalue weighted by atomic mass is 28.3. The maximum absolute atomic E-state index is 11.5. The van der Waals surface area contributed by atoms with Gasteiger partial charge in [0, 0.05) is 5.57 Å². The fourth-order valence-corrected chi connectivity index (χ4v) is 5.88. The Morgan fingerprint density at radius 2 is 1.57 bits per heavy atom. The van der Waals surface area contributed by atoms with Gasteiger partial charge in [0.1, 0.15) is 6.29 Å². The Morgan fingerprint density at radius 3 is 1.95 bits per heavy atom. The van der Waals surface area contributed by atoms with Gasteiger partial charge in [-0.15, -0.1) is 0 Å². The number of rotatable bonds is 8. The summed E-state index contributed by atoms with van der Waals surface area (Å²) in [5, 5.41) is 0. The molecule has 0 aliphatic carbocycles. The lowest BCUT2D eigenvalue weighted by Gasteiger charge is -2.24. The molecule has 1 rings (SSSR count). The number of allylic oxidation sites excluding steroid dienone is 1. The average molecular weight is 303 g/mol. The summed E-state index contributed by atoms with van der Waals surface area (Å²) in [7, 11) is -1.42. The van der Waals surface area contributed by atoms with Crippen LogP contribution in [0.1, 0.15) is 45.7 Å². The first kappa shape index (κ1) is 17.9. The molecular weight excluding hydrogens is 272 g/mol. The van der Waals surface area contributed by atoms with Crippen LogP contribution in [0, 0.1) is 5.92 Å². The Kier molecular flexibility index (Phi) is 7.10. The highest BCUT2D eigenvalue weighted by molar-refractivity contribution is 6.85. The molecule has 0 heterocycles. The second-order valence-electron chi connectivity index (χ2n) is 6.44. The van der Waals surface area contributed by atoms with E-state index in [1.165, 1.54) is 23.7 Å². The zero-order valence-corrected chi connectivity index (χ0v) is 15.3. The molecule has 0 saturated heterocycles.